The van der Waals surface area contributed by atoms with E-state index < -0.39 is 5.72 Å². The number of ether oxygens (including phenoxy) is 2. The highest BCUT2D eigenvalue weighted by Crippen LogP contribution is 2.39. The van der Waals surface area contributed by atoms with E-state index in [1.807, 2.05) is 6.92 Å². The minimum absolute atomic E-state index is 0.0595. The summed E-state index contributed by atoms with van der Waals surface area (Å²) in [5.41, 5.74) is 6.20. The van der Waals surface area contributed by atoms with Gasteiger partial charge in [-0.3, -0.25) is 0 Å². The monoisotopic (exact) mass is 469 g/mol. The van der Waals surface area contributed by atoms with Crippen LogP contribution < -0.4 is 5.73 Å². The lowest BCUT2D eigenvalue weighted by Gasteiger charge is -2.42. The molecule has 3 atom stereocenters. The van der Waals surface area contributed by atoms with E-state index in [2.05, 4.69) is 83.1 Å². The van der Waals surface area contributed by atoms with Gasteiger partial charge in [0.2, 0.25) is 0 Å². The first kappa shape index (κ1) is 32.9. The zero-order valence-corrected chi connectivity index (χ0v) is 25.1. The summed E-state index contributed by atoms with van der Waals surface area (Å²) in [7, 11) is 0. The Kier molecular flexibility index (Phi) is 13.2. The molecule has 0 amide bonds. The third-order valence-corrected chi connectivity index (χ3v) is 8.33. The maximum Gasteiger partial charge on any atom is 0.118 e. The van der Waals surface area contributed by atoms with Gasteiger partial charge in [0.25, 0.3) is 0 Å². The van der Waals surface area contributed by atoms with Crippen LogP contribution >= 0.6 is 0 Å². The lowest BCUT2D eigenvalue weighted by molar-refractivity contribution is -0.106. The summed E-state index contributed by atoms with van der Waals surface area (Å²) < 4.78 is 12.5. The van der Waals surface area contributed by atoms with E-state index in [4.69, 9.17) is 15.2 Å². The van der Waals surface area contributed by atoms with Crippen molar-refractivity contribution in [1.29, 1.82) is 0 Å². The molecule has 0 aliphatic carbocycles. The van der Waals surface area contributed by atoms with E-state index in [-0.39, 0.29) is 16.4 Å². The Balaban J connectivity index is 4.28. The fourth-order valence-electron chi connectivity index (χ4n) is 3.86. The van der Waals surface area contributed by atoms with Gasteiger partial charge >= 0.3 is 0 Å². The largest absolute Gasteiger partial charge is 0.375 e. The molecule has 0 aliphatic heterocycles. The van der Waals surface area contributed by atoms with Crippen molar-refractivity contribution in [3.8, 4) is 0 Å². The summed E-state index contributed by atoms with van der Waals surface area (Å²) in [5.74, 6) is 1.39. The molecule has 3 heteroatoms. The molecule has 0 aliphatic rings. The highest BCUT2D eigenvalue weighted by atomic mass is 16.5. The molecule has 3 unspecified atom stereocenters. The van der Waals surface area contributed by atoms with Crippen LogP contribution in [0.5, 0.6) is 0 Å². The van der Waals surface area contributed by atoms with Gasteiger partial charge in [-0.1, -0.05) is 94.9 Å². The van der Waals surface area contributed by atoms with Crippen molar-refractivity contribution in [2.75, 3.05) is 13.2 Å². The van der Waals surface area contributed by atoms with Crippen LogP contribution in [0.15, 0.2) is 0 Å². The Hall–Kier alpha value is -0.120. The second-order valence-corrected chi connectivity index (χ2v) is 14.6. The summed E-state index contributed by atoms with van der Waals surface area (Å²) in [6.07, 6.45) is 9.81. The number of rotatable bonds is 16. The van der Waals surface area contributed by atoms with Gasteiger partial charge in [0, 0.05) is 18.6 Å². The Labute approximate surface area is 209 Å². The third-order valence-electron chi connectivity index (χ3n) is 8.33. The van der Waals surface area contributed by atoms with E-state index in [1.54, 1.807) is 0 Å². The molecule has 0 saturated heterocycles. The molecule has 33 heavy (non-hydrogen) atoms. The van der Waals surface area contributed by atoms with E-state index in [0.29, 0.717) is 11.3 Å². The molecule has 0 saturated carbocycles. The first-order valence-electron chi connectivity index (χ1n) is 13.8. The quantitative estimate of drug-likeness (QED) is 0.229. The fraction of sp³-hybridized carbons (Fsp3) is 1.00. The number of hydrogen-bond acceptors (Lipinski definition) is 3. The second kappa shape index (κ2) is 13.3. The minimum Gasteiger partial charge on any atom is -0.375 e. The van der Waals surface area contributed by atoms with E-state index in [1.165, 1.54) is 38.5 Å². The molecule has 3 nitrogen and oxygen atoms in total. The van der Waals surface area contributed by atoms with Gasteiger partial charge < -0.3 is 15.2 Å². The molecular formula is C30H63NO2. The summed E-state index contributed by atoms with van der Waals surface area (Å²) in [6.45, 7) is 31.0. The molecule has 0 heterocycles. The smallest absolute Gasteiger partial charge is 0.118 e. The summed E-state index contributed by atoms with van der Waals surface area (Å²) in [5, 5.41) is 0. The standard InChI is InChI=1S/C30H63NO2/c1-24(16-14-20-26(3,4)5)18-22-32-29(11,12)28(9,10)21-15-17-25(2)19-23-33-30(13,31)27(6,7)8/h24-25H,14-23,31H2,1-13H3. The molecule has 200 valence electrons. The lowest BCUT2D eigenvalue weighted by Crippen LogP contribution is -2.51. The molecular weight excluding hydrogens is 406 g/mol. The van der Waals surface area contributed by atoms with Crippen LogP contribution in [0.25, 0.3) is 0 Å². The van der Waals surface area contributed by atoms with Crippen molar-refractivity contribution in [2.24, 2.45) is 33.8 Å². The molecule has 2 N–H and O–H groups in total. The van der Waals surface area contributed by atoms with Gasteiger partial charge in [-0.2, -0.15) is 0 Å². The molecule has 0 aromatic rings. The average molecular weight is 470 g/mol. The Bertz CT molecular complexity index is 522. The fourth-order valence-corrected chi connectivity index (χ4v) is 3.86. The third kappa shape index (κ3) is 13.5. The van der Waals surface area contributed by atoms with Crippen LogP contribution in [0.1, 0.15) is 141 Å². The van der Waals surface area contributed by atoms with Gasteiger partial charge in [-0.25, -0.2) is 0 Å². The molecule has 0 bridgehead atoms. The number of nitrogens with two attached hydrogens (primary N) is 1. The Morgan fingerprint density at radius 1 is 0.606 bits per heavy atom. The first-order chi connectivity index (χ1) is 14.7. The Morgan fingerprint density at radius 2 is 1.03 bits per heavy atom. The zero-order valence-electron chi connectivity index (χ0n) is 25.1. The van der Waals surface area contributed by atoms with Gasteiger partial charge in [0.1, 0.15) is 5.72 Å². The molecule has 0 aromatic carbocycles. The highest BCUT2D eigenvalue weighted by molar-refractivity contribution is 4.88. The second-order valence-electron chi connectivity index (χ2n) is 14.6. The van der Waals surface area contributed by atoms with Crippen molar-refractivity contribution in [3.63, 3.8) is 0 Å². The van der Waals surface area contributed by atoms with Gasteiger partial charge in [0.15, 0.2) is 0 Å². The van der Waals surface area contributed by atoms with Crippen molar-refractivity contribution in [2.45, 2.75) is 153 Å². The van der Waals surface area contributed by atoms with E-state index >= 15 is 0 Å². The van der Waals surface area contributed by atoms with Crippen molar-refractivity contribution >= 4 is 0 Å². The van der Waals surface area contributed by atoms with Crippen LogP contribution in [-0.4, -0.2) is 24.5 Å². The van der Waals surface area contributed by atoms with Crippen LogP contribution in [0, 0.1) is 28.1 Å². The summed E-state index contributed by atoms with van der Waals surface area (Å²) in [6, 6.07) is 0. The maximum atomic E-state index is 6.47. The van der Waals surface area contributed by atoms with Gasteiger partial charge in [-0.05, 0) is 69.1 Å². The van der Waals surface area contributed by atoms with Crippen LogP contribution in [0.2, 0.25) is 0 Å². The van der Waals surface area contributed by atoms with Crippen LogP contribution in [0.4, 0.5) is 0 Å². The summed E-state index contributed by atoms with van der Waals surface area (Å²) >= 11 is 0. The maximum absolute atomic E-state index is 6.47. The summed E-state index contributed by atoms with van der Waals surface area (Å²) in [4.78, 5) is 0. The van der Waals surface area contributed by atoms with Gasteiger partial charge in [0.05, 0.1) is 5.60 Å². The minimum atomic E-state index is -0.583. The van der Waals surface area contributed by atoms with Crippen molar-refractivity contribution < 1.29 is 9.47 Å². The first-order valence-corrected chi connectivity index (χ1v) is 13.8. The molecule has 0 radical (unpaired) electrons. The van der Waals surface area contributed by atoms with Crippen LogP contribution in [-0.2, 0) is 9.47 Å². The molecule has 0 spiro atoms. The number of hydrogen-bond donors (Lipinski definition) is 1. The molecule has 0 fully saturated rings. The van der Waals surface area contributed by atoms with Crippen molar-refractivity contribution in [1.82, 2.24) is 0 Å². The SMILES string of the molecule is CC(CCCC(C)(C)C)CCOC(C)(C)C(C)(C)CCCC(C)CCOC(C)(N)C(C)(C)C. The molecule has 0 rings (SSSR count). The Morgan fingerprint density at radius 3 is 1.45 bits per heavy atom. The topological polar surface area (TPSA) is 44.5 Å². The van der Waals surface area contributed by atoms with Crippen LogP contribution in [0.3, 0.4) is 0 Å². The molecule has 0 aromatic heterocycles. The normalized spacial score (nSPS) is 17.6. The highest BCUT2D eigenvalue weighted by Gasteiger charge is 2.37. The van der Waals surface area contributed by atoms with E-state index in [9.17, 15) is 0 Å². The van der Waals surface area contributed by atoms with Crippen molar-refractivity contribution in [3.05, 3.63) is 0 Å². The predicted molar refractivity (Wildman–Crippen MR) is 147 cm³/mol. The average Bonchev–Trinajstić information content (AvgIpc) is 2.58. The van der Waals surface area contributed by atoms with E-state index in [0.717, 1.165) is 32.0 Å². The lowest BCUT2D eigenvalue weighted by atomic mass is 9.73. The zero-order chi connectivity index (χ0) is 26.1. The predicted octanol–water partition coefficient (Wildman–Crippen LogP) is 8.98. The van der Waals surface area contributed by atoms with Gasteiger partial charge in [-0.15, -0.1) is 0 Å².